The van der Waals surface area contributed by atoms with Crippen LogP contribution in [-0.4, -0.2) is 5.85 Å². The molecule has 3 nitrogen and oxygen atoms in total. The Bertz CT molecular complexity index is 929. The molecule has 0 aliphatic carbocycles. The minimum absolute atomic E-state index is 0.0451. The fourth-order valence-electron chi connectivity index (χ4n) is 3.82. The first-order valence-corrected chi connectivity index (χ1v) is 9.79. The summed E-state index contributed by atoms with van der Waals surface area (Å²) in [5, 5.41) is 6.98. The SMILES string of the molecule is CC1(OCc2cccc(C(F)(F)F)c2)NC(c2ccccc2)C(c2ccccc2)N1. The molecule has 2 unspecified atom stereocenters. The fourth-order valence-corrected chi connectivity index (χ4v) is 3.82. The van der Waals surface area contributed by atoms with Crippen molar-refractivity contribution >= 4 is 0 Å². The second kappa shape index (κ2) is 8.22. The van der Waals surface area contributed by atoms with Gasteiger partial charge in [-0.15, -0.1) is 0 Å². The van der Waals surface area contributed by atoms with Gasteiger partial charge < -0.3 is 4.74 Å². The van der Waals surface area contributed by atoms with Crippen LogP contribution in [0.1, 0.15) is 41.3 Å². The lowest BCUT2D eigenvalue weighted by Gasteiger charge is -2.26. The average molecular weight is 412 g/mol. The molecule has 1 fully saturated rings. The van der Waals surface area contributed by atoms with Crippen LogP contribution in [-0.2, 0) is 17.5 Å². The average Bonchev–Trinajstić information content (AvgIpc) is 3.11. The Hall–Kier alpha value is -2.67. The Morgan fingerprint density at radius 1 is 0.800 bits per heavy atom. The summed E-state index contributed by atoms with van der Waals surface area (Å²) in [6.45, 7) is 1.91. The second-order valence-electron chi connectivity index (χ2n) is 7.59. The highest BCUT2D eigenvalue weighted by Crippen LogP contribution is 2.37. The molecule has 0 aromatic heterocycles. The molecule has 1 heterocycles. The third kappa shape index (κ3) is 4.56. The topological polar surface area (TPSA) is 33.3 Å². The first-order chi connectivity index (χ1) is 14.3. The van der Waals surface area contributed by atoms with Crippen LogP contribution >= 0.6 is 0 Å². The summed E-state index contributed by atoms with van der Waals surface area (Å²) in [7, 11) is 0. The molecule has 4 rings (SSSR count). The molecule has 2 N–H and O–H groups in total. The van der Waals surface area contributed by atoms with Gasteiger partial charge in [-0.05, 0) is 35.7 Å². The lowest BCUT2D eigenvalue weighted by molar-refractivity contribution is -0.137. The molecular weight excluding hydrogens is 389 g/mol. The first kappa shape index (κ1) is 20.6. The van der Waals surface area contributed by atoms with Gasteiger partial charge in [0.1, 0.15) is 0 Å². The molecule has 0 amide bonds. The molecule has 1 aliphatic rings. The Kier molecular flexibility index (Phi) is 5.64. The van der Waals surface area contributed by atoms with E-state index in [2.05, 4.69) is 10.6 Å². The van der Waals surface area contributed by atoms with Gasteiger partial charge in [0, 0.05) is 0 Å². The molecule has 0 bridgehead atoms. The van der Waals surface area contributed by atoms with Gasteiger partial charge in [0.2, 0.25) is 0 Å². The summed E-state index contributed by atoms with van der Waals surface area (Å²) in [4.78, 5) is 0. The molecular formula is C24H23F3N2O. The van der Waals surface area contributed by atoms with Crippen molar-refractivity contribution in [2.24, 2.45) is 0 Å². The summed E-state index contributed by atoms with van der Waals surface area (Å²) in [6, 6.07) is 25.2. The molecule has 3 aromatic carbocycles. The van der Waals surface area contributed by atoms with Crippen molar-refractivity contribution in [3.63, 3.8) is 0 Å². The summed E-state index contributed by atoms with van der Waals surface area (Å²) in [5.41, 5.74) is 2.00. The Balaban J connectivity index is 1.55. The lowest BCUT2D eigenvalue weighted by Crippen LogP contribution is -2.48. The molecule has 156 valence electrons. The first-order valence-electron chi connectivity index (χ1n) is 9.79. The smallest absolute Gasteiger partial charge is 0.343 e. The number of alkyl halides is 3. The molecule has 0 saturated carbocycles. The largest absolute Gasteiger partial charge is 0.416 e. The molecule has 30 heavy (non-hydrogen) atoms. The molecule has 1 saturated heterocycles. The van der Waals surface area contributed by atoms with Crippen LogP contribution in [0, 0.1) is 0 Å². The monoisotopic (exact) mass is 412 g/mol. The summed E-state index contributed by atoms with van der Waals surface area (Å²) in [6.07, 6.45) is -4.37. The highest BCUT2D eigenvalue weighted by atomic mass is 19.4. The van der Waals surface area contributed by atoms with Crippen LogP contribution in [0.4, 0.5) is 13.2 Å². The van der Waals surface area contributed by atoms with E-state index in [1.165, 1.54) is 6.07 Å². The highest BCUT2D eigenvalue weighted by Gasteiger charge is 2.43. The standard InChI is InChI=1S/C24H23F3N2O/c1-23(30-16-17-9-8-14-20(15-17)24(25,26)27)28-21(18-10-4-2-5-11-18)22(29-23)19-12-6-3-7-13-19/h2-15,21-22,28-29H,16H2,1H3. The zero-order valence-electron chi connectivity index (χ0n) is 16.5. The van der Waals surface area contributed by atoms with Crippen LogP contribution in [0.15, 0.2) is 84.9 Å². The minimum atomic E-state index is -4.37. The predicted octanol–water partition coefficient (Wildman–Crippen LogP) is 5.57. The number of ether oxygens (including phenoxy) is 1. The number of hydrogen-bond acceptors (Lipinski definition) is 3. The van der Waals surface area contributed by atoms with Crippen molar-refractivity contribution in [3.05, 3.63) is 107 Å². The number of rotatable bonds is 5. The van der Waals surface area contributed by atoms with E-state index in [0.717, 1.165) is 23.3 Å². The van der Waals surface area contributed by atoms with Crippen molar-refractivity contribution < 1.29 is 17.9 Å². The third-order valence-corrected chi connectivity index (χ3v) is 5.29. The van der Waals surface area contributed by atoms with E-state index in [0.29, 0.717) is 5.56 Å². The van der Waals surface area contributed by atoms with E-state index >= 15 is 0 Å². The second-order valence-corrected chi connectivity index (χ2v) is 7.59. The number of halogens is 3. The summed E-state index contributed by atoms with van der Waals surface area (Å²) >= 11 is 0. The van der Waals surface area contributed by atoms with Gasteiger partial charge in [-0.3, -0.25) is 10.6 Å². The predicted molar refractivity (Wildman–Crippen MR) is 109 cm³/mol. The van der Waals surface area contributed by atoms with E-state index in [9.17, 15) is 13.2 Å². The van der Waals surface area contributed by atoms with Crippen molar-refractivity contribution in [1.29, 1.82) is 0 Å². The number of nitrogens with one attached hydrogen (secondary N) is 2. The van der Waals surface area contributed by atoms with Crippen LogP contribution in [0.3, 0.4) is 0 Å². The molecule has 0 spiro atoms. The Morgan fingerprint density at radius 3 is 1.83 bits per heavy atom. The maximum atomic E-state index is 13.0. The van der Waals surface area contributed by atoms with Crippen LogP contribution in [0.2, 0.25) is 0 Å². The Labute approximate surface area is 173 Å². The van der Waals surface area contributed by atoms with Crippen molar-refractivity contribution in [1.82, 2.24) is 10.6 Å². The molecule has 6 heteroatoms. The van der Waals surface area contributed by atoms with Crippen LogP contribution < -0.4 is 10.6 Å². The quantitative estimate of drug-likeness (QED) is 0.575. The number of hydrogen-bond donors (Lipinski definition) is 2. The van der Waals surface area contributed by atoms with Crippen LogP contribution in [0.25, 0.3) is 0 Å². The van der Waals surface area contributed by atoms with E-state index in [1.54, 1.807) is 6.07 Å². The molecule has 2 atom stereocenters. The van der Waals surface area contributed by atoms with Crippen molar-refractivity contribution in [2.45, 2.75) is 37.6 Å². The molecule has 3 aromatic rings. The zero-order valence-corrected chi connectivity index (χ0v) is 16.5. The van der Waals surface area contributed by atoms with Gasteiger partial charge in [-0.25, -0.2) is 0 Å². The normalized spacial score (nSPS) is 24.1. The molecule has 0 radical (unpaired) electrons. The van der Waals surface area contributed by atoms with Gasteiger partial charge >= 0.3 is 6.18 Å². The zero-order chi connectivity index (χ0) is 21.2. The van der Waals surface area contributed by atoms with E-state index in [-0.39, 0.29) is 18.7 Å². The fraction of sp³-hybridized carbons (Fsp3) is 0.250. The lowest BCUT2D eigenvalue weighted by atomic mass is 9.95. The molecule has 1 aliphatic heterocycles. The number of benzene rings is 3. The maximum absolute atomic E-state index is 13.0. The van der Waals surface area contributed by atoms with Gasteiger partial charge in [0.05, 0.1) is 24.3 Å². The third-order valence-electron chi connectivity index (χ3n) is 5.29. The van der Waals surface area contributed by atoms with E-state index in [4.69, 9.17) is 4.74 Å². The van der Waals surface area contributed by atoms with Crippen molar-refractivity contribution in [2.75, 3.05) is 0 Å². The summed E-state index contributed by atoms with van der Waals surface area (Å²) in [5.74, 6) is -0.907. The van der Waals surface area contributed by atoms with Gasteiger partial charge in [0.25, 0.3) is 0 Å². The van der Waals surface area contributed by atoms with Gasteiger partial charge in [-0.1, -0.05) is 72.8 Å². The maximum Gasteiger partial charge on any atom is 0.416 e. The minimum Gasteiger partial charge on any atom is -0.343 e. The highest BCUT2D eigenvalue weighted by molar-refractivity contribution is 5.30. The summed E-state index contributed by atoms with van der Waals surface area (Å²) < 4.78 is 45.0. The van der Waals surface area contributed by atoms with Crippen molar-refractivity contribution in [3.8, 4) is 0 Å². The van der Waals surface area contributed by atoms with E-state index < -0.39 is 17.6 Å². The Morgan fingerprint density at radius 2 is 1.33 bits per heavy atom. The van der Waals surface area contributed by atoms with E-state index in [1.807, 2.05) is 67.6 Å². The van der Waals surface area contributed by atoms with Gasteiger partial charge in [-0.2, -0.15) is 13.2 Å². The van der Waals surface area contributed by atoms with Gasteiger partial charge in [0.15, 0.2) is 5.85 Å². The van der Waals surface area contributed by atoms with Crippen LogP contribution in [0.5, 0.6) is 0 Å².